The first-order chi connectivity index (χ1) is 17.7. The maximum atomic E-state index is 14.0. The number of carbonyl (C=O) groups excluding carboxylic acids is 3. The number of nitrogens with one attached hydrogen (secondary N) is 1. The molecule has 0 saturated carbocycles. The summed E-state index contributed by atoms with van der Waals surface area (Å²) in [5.74, 6) is -0.714. The summed E-state index contributed by atoms with van der Waals surface area (Å²) in [5, 5.41) is 2.92. The van der Waals surface area contributed by atoms with Crippen molar-refractivity contribution in [2.45, 2.75) is 44.3 Å². The van der Waals surface area contributed by atoms with Crippen molar-refractivity contribution < 1.29 is 14.4 Å². The van der Waals surface area contributed by atoms with Gasteiger partial charge in [-0.25, -0.2) is 6.57 Å². The second-order valence-electron chi connectivity index (χ2n) is 10.2. The Hall–Kier alpha value is -4.32. The van der Waals surface area contributed by atoms with Crippen LogP contribution in [0.2, 0.25) is 0 Å². The lowest BCUT2D eigenvalue weighted by Crippen LogP contribution is -2.51. The van der Waals surface area contributed by atoms with E-state index in [0.29, 0.717) is 23.0 Å². The molecule has 188 valence electrons. The summed E-state index contributed by atoms with van der Waals surface area (Å²) in [6.07, 6.45) is 3.01. The van der Waals surface area contributed by atoms with Crippen LogP contribution in [0, 0.1) is 12.5 Å². The normalized spacial score (nSPS) is 21.1. The predicted octanol–water partition coefficient (Wildman–Crippen LogP) is 3.48. The fraction of sp³-hybridized carbons (Fsp3) is 0.357. The summed E-state index contributed by atoms with van der Waals surface area (Å²) >= 11 is 0. The molecule has 37 heavy (non-hydrogen) atoms. The van der Waals surface area contributed by atoms with Crippen molar-refractivity contribution in [1.29, 1.82) is 0 Å². The number of carbonyl (C=O) groups is 3. The average molecular weight is 497 g/mol. The van der Waals surface area contributed by atoms with E-state index in [-0.39, 0.29) is 36.6 Å². The van der Waals surface area contributed by atoms with E-state index in [1.807, 2.05) is 38.1 Å². The minimum absolute atomic E-state index is 0.101. The summed E-state index contributed by atoms with van der Waals surface area (Å²) in [7, 11) is 1.62. The third-order valence-corrected chi connectivity index (χ3v) is 7.37. The Labute approximate surface area is 215 Å². The molecule has 5 rings (SSSR count). The molecule has 1 N–H and O–H groups in total. The fourth-order valence-electron chi connectivity index (χ4n) is 5.46. The summed E-state index contributed by atoms with van der Waals surface area (Å²) < 4.78 is 0. The van der Waals surface area contributed by atoms with Gasteiger partial charge in [-0.3, -0.25) is 34.1 Å². The van der Waals surface area contributed by atoms with Crippen molar-refractivity contribution in [3.8, 4) is 0 Å². The summed E-state index contributed by atoms with van der Waals surface area (Å²) in [4.78, 5) is 55.9. The lowest BCUT2D eigenvalue weighted by atomic mass is 9.80. The van der Waals surface area contributed by atoms with Gasteiger partial charge in [0, 0.05) is 37.2 Å². The zero-order valence-corrected chi connectivity index (χ0v) is 21.0. The van der Waals surface area contributed by atoms with Crippen LogP contribution in [0.25, 0.3) is 15.9 Å². The van der Waals surface area contributed by atoms with Crippen molar-refractivity contribution in [3.05, 3.63) is 77.4 Å². The second kappa shape index (κ2) is 9.28. The Kier molecular flexibility index (Phi) is 6.12. The highest BCUT2D eigenvalue weighted by atomic mass is 16.2. The lowest BCUT2D eigenvalue weighted by Gasteiger charge is -2.32. The molecule has 9 nitrogen and oxygen atoms in total. The molecule has 0 unspecified atom stereocenters. The minimum atomic E-state index is -0.969. The van der Waals surface area contributed by atoms with Crippen molar-refractivity contribution >= 4 is 34.4 Å². The van der Waals surface area contributed by atoms with Gasteiger partial charge in [-0.1, -0.05) is 32.0 Å². The molecule has 3 heterocycles. The van der Waals surface area contributed by atoms with E-state index in [1.54, 1.807) is 37.6 Å². The Balaban J connectivity index is 1.46. The molecule has 3 aromatic rings. The first kappa shape index (κ1) is 24.4. The predicted molar refractivity (Wildman–Crippen MR) is 138 cm³/mol. The zero-order valence-electron chi connectivity index (χ0n) is 21.0. The van der Waals surface area contributed by atoms with Crippen LogP contribution in [-0.4, -0.2) is 63.3 Å². The SMILES string of the molecule is [C-]#[N+][C@@H]1C[C@@]2(CN1C(=O)[C@H](CC(C)C)N(C)C(=O)c1ccc3nccnc3c1)C(=O)Nc1ccccc12. The second-order valence-corrected chi connectivity index (χ2v) is 10.2. The molecule has 9 heteroatoms. The monoisotopic (exact) mass is 496 g/mol. The molecule has 0 aliphatic carbocycles. The molecule has 2 aliphatic heterocycles. The zero-order chi connectivity index (χ0) is 26.3. The summed E-state index contributed by atoms with van der Waals surface area (Å²) in [6, 6.07) is 11.7. The number of rotatable bonds is 5. The maximum Gasteiger partial charge on any atom is 0.302 e. The van der Waals surface area contributed by atoms with Gasteiger partial charge in [-0.15, -0.1) is 0 Å². The van der Waals surface area contributed by atoms with E-state index in [9.17, 15) is 14.4 Å². The first-order valence-electron chi connectivity index (χ1n) is 12.3. The van der Waals surface area contributed by atoms with E-state index in [0.717, 1.165) is 11.3 Å². The van der Waals surface area contributed by atoms with E-state index in [4.69, 9.17) is 6.57 Å². The quantitative estimate of drug-likeness (QED) is 0.545. The van der Waals surface area contributed by atoms with Crippen molar-refractivity contribution in [2.75, 3.05) is 18.9 Å². The molecule has 2 aliphatic rings. The fourth-order valence-corrected chi connectivity index (χ4v) is 5.46. The topological polar surface area (TPSA) is 99.9 Å². The molecular weight excluding hydrogens is 468 g/mol. The number of anilines is 1. The molecule has 3 amide bonds. The van der Waals surface area contributed by atoms with Crippen LogP contribution in [0.1, 0.15) is 42.6 Å². The Morgan fingerprint density at radius 1 is 1.19 bits per heavy atom. The Morgan fingerprint density at radius 2 is 1.92 bits per heavy atom. The van der Waals surface area contributed by atoms with Gasteiger partial charge in [0.15, 0.2) is 0 Å². The largest absolute Gasteiger partial charge is 0.330 e. The average Bonchev–Trinajstić information content (AvgIpc) is 3.43. The number of para-hydroxylation sites is 1. The van der Waals surface area contributed by atoms with Gasteiger partial charge in [-0.2, -0.15) is 0 Å². The lowest BCUT2D eigenvalue weighted by molar-refractivity contribution is -0.136. The highest BCUT2D eigenvalue weighted by molar-refractivity contribution is 6.07. The van der Waals surface area contributed by atoms with E-state index < -0.39 is 17.6 Å². The van der Waals surface area contributed by atoms with Gasteiger partial charge in [0.05, 0.1) is 17.5 Å². The molecule has 0 bridgehead atoms. The molecule has 1 spiro atoms. The minimum Gasteiger partial charge on any atom is -0.330 e. The van der Waals surface area contributed by atoms with Gasteiger partial charge in [-0.05, 0) is 42.2 Å². The molecule has 2 aromatic carbocycles. The molecule has 1 fully saturated rings. The molecule has 1 aromatic heterocycles. The van der Waals surface area contributed by atoms with Crippen molar-refractivity contribution in [3.63, 3.8) is 0 Å². The first-order valence-corrected chi connectivity index (χ1v) is 12.3. The van der Waals surface area contributed by atoms with Crippen LogP contribution < -0.4 is 5.32 Å². The van der Waals surface area contributed by atoms with E-state index >= 15 is 0 Å². The number of aromatic nitrogens is 2. The number of fused-ring (bicyclic) bond motifs is 3. The van der Waals surface area contributed by atoms with Crippen LogP contribution in [0.5, 0.6) is 0 Å². The number of hydrogen-bond donors (Lipinski definition) is 1. The van der Waals surface area contributed by atoms with Crippen LogP contribution in [0.3, 0.4) is 0 Å². The van der Waals surface area contributed by atoms with E-state index in [1.165, 1.54) is 9.80 Å². The number of nitrogens with zero attached hydrogens (tertiary/aromatic N) is 5. The number of benzene rings is 2. The third kappa shape index (κ3) is 4.08. The Bertz CT molecular complexity index is 1450. The van der Waals surface area contributed by atoms with E-state index in [2.05, 4.69) is 20.1 Å². The Morgan fingerprint density at radius 3 is 2.65 bits per heavy atom. The van der Waals surface area contributed by atoms with Crippen LogP contribution >= 0.6 is 0 Å². The molecule has 3 atom stereocenters. The van der Waals surface area contributed by atoms with Crippen molar-refractivity contribution in [1.82, 2.24) is 19.8 Å². The van der Waals surface area contributed by atoms with Gasteiger partial charge < -0.3 is 10.2 Å². The van der Waals surface area contributed by atoms with Crippen LogP contribution in [0.4, 0.5) is 5.69 Å². The van der Waals surface area contributed by atoms with Crippen LogP contribution in [-0.2, 0) is 15.0 Å². The number of amides is 3. The number of likely N-dealkylation sites (N-methyl/N-ethyl adjacent to an activating group) is 1. The van der Waals surface area contributed by atoms with Crippen LogP contribution in [0.15, 0.2) is 54.9 Å². The van der Waals surface area contributed by atoms with Gasteiger partial charge in [0.2, 0.25) is 5.91 Å². The number of hydrogen-bond acceptors (Lipinski definition) is 5. The highest BCUT2D eigenvalue weighted by Gasteiger charge is 2.59. The van der Waals surface area contributed by atoms with Crippen molar-refractivity contribution in [2.24, 2.45) is 5.92 Å². The molecular formula is C28H28N6O3. The summed E-state index contributed by atoms with van der Waals surface area (Å²) in [5.41, 5.74) is 2.23. The molecule has 1 saturated heterocycles. The standard InChI is InChI=1S/C28H28N6O3/c1-17(2)13-23(33(4)25(35)18-9-10-21-22(14-18)31-12-11-30-21)26(36)34-16-28(15-24(34)29-3)19-7-5-6-8-20(19)32-27(28)37/h5-12,14,17,23-24H,13,15-16H2,1-2,4H3,(H,32,37)/t23-,24-,28-/m0/s1. The number of likely N-dealkylation sites (tertiary alicyclic amines) is 1. The highest BCUT2D eigenvalue weighted by Crippen LogP contribution is 2.47. The maximum absolute atomic E-state index is 14.0. The van der Waals surface area contributed by atoms with Gasteiger partial charge in [0.1, 0.15) is 11.5 Å². The van der Waals surface area contributed by atoms with Gasteiger partial charge in [0.25, 0.3) is 11.8 Å². The molecule has 0 radical (unpaired) electrons. The smallest absolute Gasteiger partial charge is 0.302 e. The summed E-state index contributed by atoms with van der Waals surface area (Å²) in [6.45, 7) is 11.9. The third-order valence-electron chi connectivity index (χ3n) is 7.37. The van der Waals surface area contributed by atoms with Gasteiger partial charge >= 0.3 is 6.17 Å².